The Kier molecular flexibility index (Phi) is 5.00. The predicted octanol–water partition coefficient (Wildman–Crippen LogP) is 3.12. The van der Waals surface area contributed by atoms with E-state index in [4.69, 9.17) is 0 Å². The normalized spacial score (nSPS) is 21.7. The highest BCUT2D eigenvalue weighted by atomic mass is 14.9. The van der Waals surface area contributed by atoms with Gasteiger partial charge in [-0.25, -0.2) is 0 Å². The van der Waals surface area contributed by atoms with Gasteiger partial charge in [0.1, 0.15) is 0 Å². The third-order valence-corrected chi connectivity index (χ3v) is 4.31. The molecule has 0 aliphatic heterocycles. The lowest BCUT2D eigenvalue weighted by Crippen LogP contribution is -2.27. The molecule has 0 aromatic heterocycles. The summed E-state index contributed by atoms with van der Waals surface area (Å²) in [6.07, 6.45) is 5.11. The highest BCUT2D eigenvalue weighted by Gasteiger charge is 2.30. The first-order valence-corrected chi connectivity index (χ1v) is 7.55. The van der Waals surface area contributed by atoms with Crippen LogP contribution in [-0.2, 0) is 13.0 Å². The van der Waals surface area contributed by atoms with Crippen molar-refractivity contribution in [3.63, 3.8) is 0 Å². The molecule has 0 radical (unpaired) electrons. The molecule has 1 fully saturated rings. The van der Waals surface area contributed by atoms with Crippen molar-refractivity contribution in [2.24, 2.45) is 5.41 Å². The molecule has 1 unspecified atom stereocenters. The van der Waals surface area contributed by atoms with E-state index in [0.717, 1.165) is 19.5 Å². The second-order valence-electron chi connectivity index (χ2n) is 6.61. The van der Waals surface area contributed by atoms with Gasteiger partial charge in [0, 0.05) is 12.6 Å². The Balaban J connectivity index is 1.89. The molecule has 0 bridgehead atoms. The van der Waals surface area contributed by atoms with Crippen LogP contribution in [0.25, 0.3) is 0 Å². The minimum Gasteiger partial charge on any atom is -0.319 e. The van der Waals surface area contributed by atoms with Gasteiger partial charge >= 0.3 is 0 Å². The molecule has 1 aliphatic carbocycles. The topological polar surface area (TPSA) is 24.1 Å². The summed E-state index contributed by atoms with van der Waals surface area (Å²) in [7, 11) is 2.02. The fourth-order valence-corrected chi connectivity index (χ4v) is 3.10. The number of hydrogen-bond acceptors (Lipinski definition) is 2. The van der Waals surface area contributed by atoms with Crippen molar-refractivity contribution in [1.82, 2.24) is 10.6 Å². The molecule has 19 heavy (non-hydrogen) atoms. The molecule has 1 atom stereocenters. The minimum absolute atomic E-state index is 0.531. The van der Waals surface area contributed by atoms with Crippen LogP contribution in [0.4, 0.5) is 0 Å². The second-order valence-corrected chi connectivity index (χ2v) is 6.61. The average molecular weight is 260 g/mol. The second kappa shape index (κ2) is 6.53. The molecule has 0 heterocycles. The van der Waals surface area contributed by atoms with E-state index < -0.39 is 0 Å². The van der Waals surface area contributed by atoms with E-state index in [9.17, 15) is 0 Å². The summed E-state index contributed by atoms with van der Waals surface area (Å²) in [6, 6.07) is 9.52. The number of likely N-dealkylation sites (N-methyl/N-ethyl adjacent to an activating group) is 1. The lowest BCUT2D eigenvalue weighted by molar-refractivity contribution is 0.364. The number of benzene rings is 1. The quantitative estimate of drug-likeness (QED) is 0.821. The number of rotatable bonds is 6. The first kappa shape index (κ1) is 14.5. The molecule has 2 rings (SSSR count). The van der Waals surface area contributed by atoms with Crippen LogP contribution in [0.15, 0.2) is 24.3 Å². The van der Waals surface area contributed by atoms with Gasteiger partial charge in [-0.2, -0.15) is 0 Å². The Bertz CT molecular complexity index is 398. The maximum Gasteiger partial charge on any atom is 0.0210 e. The van der Waals surface area contributed by atoms with Crippen LogP contribution in [-0.4, -0.2) is 19.6 Å². The smallest absolute Gasteiger partial charge is 0.0210 e. The minimum atomic E-state index is 0.531. The van der Waals surface area contributed by atoms with E-state index in [-0.39, 0.29) is 0 Å². The molecule has 1 aliphatic rings. The summed E-state index contributed by atoms with van der Waals surface area (Å²) in [5, 5.41) is 6.98. The molecular formula is C17H28N2. The van der Waals surface area contributed by atoms with Crippen LogP contribution in [0.2, 0.25) is 0 Å². The van der Waals surface area contributed by atoms with Gasteiger partial charge in [0.2, 0.25) is 0 Å². The summed E-state index contributed by atoms with van der Waals surface area (Å²) in [5.41, 5.74) is 3.47. The van der Waals surface area contributed by atoms with Crippen LogP contribution < -0.4 is 10.6 Å². The molecule has 2 heteroatoms. The molecule has 0 spiro atoms. The van der Waals surface area contributed by atoms with E-state index in [1.165, 1.54) is 30.4 Å². The Hall–Kier alpha value is -0.860. The van der Waals surface area contributed by atoms with Crippen LogP contribution in [0.5, 0.6) is 0 Å². The molecule has 0 amide bonds. The molecule has 106 valence electrons. The third-order valence-electron chi connectivity index (χ3n) is 4.31. The Labute approximate surface area is 118 Å². The van der Waals surface area contributed by atoms with Crippen molar-refractivity contribution in [2.75, 3.05) is 13.6 Å². The van der Waals surface area contributed by atoms with Gasteiger partial charge in [-0.05, 0) is 55.8 Å². The fourth-order valence-electron chi connectivity index (χ4n) is 3.10. The lowest BCUT2D eigenvalue weighted by atomic mass is 9.92. The summed E-state index contributed by atoms with van der Waals surface area (Å²) < 4.78 is 0. The molecule has 1 aromatic carbocycles. The van der Waals surface area contributed by atoms with Gasteiger partial charge in [0.25, 0.3) is 0 Å². The zero-order valence-electron chi connectivity index (χ0n) is 12.6. The highest BCUT2D eigenvalue weighted by Crippen LogP contribution is 2.37. The van der Waals surface area contributed by atoms with Gasteiger partial charge in [-0.1, -0.05) is 38.1 Å². The summed E-state index contributed by atoms with van der Waals surface area (Å²) in [5.74, 6) is 0. The summed E-state index contributed by atoms with van der Waals surface area (Å²) >= 11 is 0. The standard InChI is InChI=1S/C17H28N2/c1-17(2)10-8-16(12-17)19-13-15-7-5-4-6-14(15)9-11-18-3/h4-7,16,18-19H,8-13H2,1-3H3. The van der Waals surface area contributed by atoms with Gasteiger partial charge in [-0.15, -0.1) is 0 Å². The Morgan fingerprint density at radius 2 is 1.95 bits per heavy atom. The zero-order valence-corrected chi connectivity index (χ0v) is 12.6. The monoisotopic (exact) mass is 260 g/mol. The summed E-state index contributed by atoms with van der Waals surface area (Å²) in [4.78, 5) is 0. The van der Waals surface area contributed by atoms with Crippen molar-refractivity contribution in [1.29, 1.82) is 0 Å². The van der Waals surface area contributed by atoms with Crippen molar-refractivity contribution in [3.8, 4) is 0 Å². The van der Waals surface area contributed by atoms with E-state index in [1.54, 1.807) is 0 Å². The van der Waals surface area contributed by atoms with E-state index in [0.29, 0.717) is 11.5 Å². The third kappa shape index (κ3) is 4.32. The first-order chi connectivity index (χ1) is 9.11. The molecule has 0 saturated heterocycles. The molecule has 2 N–H and O–H groups in total. The van der Waals surface area contributed by atoms with Crippen molar-refractivity contribution in [3.05, 3.63) is 35.4 Å². The zero-order chi connectivity index (χ0) is 13.7. The highest BCUT2D eigenvalue weighted by molar-refractivity contribution is 5.27. The number of nitrogens with one attached hydrogen (secondary N) is 2. The van der Waals surface area contributed by atoms with Crippen molar-refractivity contribution in [2.45, 2.75) is 52.1 Å². The van der Waals surface area contributed by atoms with Gasteiger partial charge in [0.05, 0.1) is 0 Å². The van der Waals surface area contributed by atoms with Crippen molar-refractivity contribution >= 4 is 0 Å². The largest absolute Gasteiger partial charge is 0.319 e. The van der Waals surface area contributed by atoms with Crippen LogP contribution in [0, 0.1) is 5.41 Å². The molecule has 1 aromatic rings. The maximum atomic E-state index is 3.75. The van der Waals surface area contributed by atoms with E-state index >= 15 is 0 Å². The van der Waals surface area contributed by atoms with Gasteiger partial charge in [-0.3, -0.25) is 0 Å². The van der Waals surface area contributed by atoms with E-state index in [2.05, 4.69) is 48.7 Å². The van der Waals surface area contributed by atoms with Crippen LogP contribution in [0.1, 0.15) is 44.2 Å². The molecule has 1 saturated carbocycles. The Morgan fingerprint density at radius 3 is 2.58 bits per heavy atom. The van der Waals surface area contributed by atoms with Crippen LogP contribution >= 0.6 is 0 Å². The Morgan fingerprint density at radius 1 is 1.21 bits per heavy atom. The maximum absolute atomic E-state index is 3.75. The van der Waals surface area contributed by atoms with Gasteiger partial charge in [0.15, 0.2) is 0 Å². The molecular weight excluding hydrogens is 232 g/mol. The first-order valence-electron chi connectivity index (χ1n) is 7.55. The van der Waals surface area contributed by atoms with Crippen LogP contribution in [0.3, 0.4) is 0 Å². The average Bonchev–Trinajstić information content (AvgIpc) is 2.74. The lowest BCUT2D eigenvalue weighted by Gasteiger charge is -2.18. The predicted molar refractivity (Wildman–Crippen MR) is 82.3 cm³/mol. The SMILES string of the molecule is CNCCc1ccccc1CNC1CCC(C)(C)C1. The summed E-state index contributed by atoms with van der Waals surface area (Å²) in [6.45, 7) is 6.83. The van der Waals surface area contributed by atoms with Crippen molar-refractivity contribution < 1.29 is 0 Å². The molecule has 2 nitrogen and oxygen atoms in total. The number of hydrogen-bond donors (Lipinski definition) is 2. The fraction of sp³-hybridized carbons (Fsp3) is 0.647. The van der Waals surface area contributed by atoms with E-state index in [1.807, 2.05) is 7.05 Å². The van der Waals surface area contributed by atoms with Gasteiger partial charge < -0.3 is 10.6 Å².